The van der Waals surface area contributed by atoms with Gasteiger partial charge in [-0.25, -0.2) is 4.98 Å². The van der Waals surface area contributed by atoms with Crippen molar-refractivity contribution in [2.75, 3.05) is 18.6 Å². The zero-order valence-electron chi connectivity index (χ0n) is 10.9. The van der Waals surface area contributed by atoms with Crippen LogP contribution in [-0.4, -0.2) is 34.1 Å². The summed E-state index contributed by atoms with van der Waals surface area (Å²) in [7, 11) is 1.43. The van der Waals surface area contributed by atoms with Crippen molar-refractivity contribution in [3.8, 4) is 0 Å². The van der Waals surface area contributed by atoms with Gasteiger partial charge in [0.15, 0.2) is 5.15 Å². The molecular formula is C13H17ClN2O2S. The number of imidazole rings is 1. The summed E-state index contributed by atoms with van der Waals surface area (Å²) in [6.45, 7) is 0.916. The number of methoxy groups -OCH3 is 1. The maximum atomic E-state index is 11.9. The van der Waals surface area contributed by atoms with E-state index in [1.54, 1.807) is 0 Å². The molecule has 0 N–H and O–H groups in total. The molecule has 0 saturated carbocycles. The van der Waals surface area contributed by atoms with Crippen molar-refractivity contribution in [3.63, 3.8) is 0 Å². The Bertz CT molecular complexity index is 497. The molecule has 104 valence electrons. The molecular weight excluding hydrogens is 284 g/mol. The number of rotatable bonds is 2. The highest BCUT2D eigenvalue weighted by atomic mass is 35.5. The zero-order valence-corrected chi connectivity index (χ0v) is 12.5. The number of esters is 1. The number of carbonyl (C=O) groups excluding carboxylic acids is 1. The molecule has 0 aromatic carbocycles. The van der Waals surface area contributed by atoms with Gasteiger partial charge in [-0.15, -0.1) is 0 Å². The van der Waals surface area contributed by atoms with Gasteiger partial charge in [-0.05, 0) is 25.0 Å². The van der Waals surface area contributed by atoms with E-state index in [-0.39, 0.29) is 11.9 Å². The van der Waals surface area contributed by atoms with E-state index < -0.39 is 0 Å². The Kier molecular flexibility index (Phi) is 3.76. The predicted octanol–water partition coefficient (Wildman–Crippen LogP) is 2.81. The lowest BCUT2D eigenvalue weighted by Gasteiger charge is -2.24. The monoisotopic (exact) mass is 300 g/mol. The van der Waals surface area contributed by atoms with Crippen molar-refractivity contribution in [1.29, 1.82) is 0 Å². The van der Waals surface area contributed by atoms with Gasteiger partial charge in [-0.1, -0.05) is 11.6 Å². The fourth-order valence-electron chi connectivity index (χ4n) is 3.03. The third-order valence-corrected chi connectivity index (χ3v) is 5.42. The second kappa shape index (κ2) is 5.37. The summed E-state index contributed by atoms with van der Waals surface area (Å²) in [6.07, 6.45) is 2.93. The van der Waals surface area contributed by atoms with Gasteiger partial charge in [0, 0.05) is 18.2 Å². The van der Waals surface area contributed by atoms with Crippen molar-refractivity contribution < 1.29 is 9.53 Å². The zero-order chi connectivity index (χ0) is 13.4. The molecule has 4 nitrogen and oxygen atoms in total. The third kappa shape index (κ3) is 2.27. The number of carbonyl (C=O) groups is 1. The topological polar surface area (TPSA) is 44.1 Å². The van der Waals surface area contributed by atoms with Gasteiger partial charge in [0.25, 0.3) is 0 Å². The minimum Gasteiger partial charge on any atom is -0.469 e. The molecule has 1 saturated heterocycles. The molecule has 19 heavy (non-hydrogen) atoms. The fourth-order valence-corrected chi connectivity index (χ4v) is 4.57. The minimum atomic E-state index is -0.249. The smallest absolute Gasteiger partial charge is 0.314 e. The largest absolute Gasteiger partial charge is 0.469 e. The van der Waals surface area contributed by atoms with Crippen molar-refractivity contribution in [3.05, 3.63) is 16.7 Å². The first kappa shape index (κ1) is 13.3. The molecule has 3 heterocycles. The Hall–Kier alpha value is -0.680. The molecule has 1 aromatic rings. The molecule has 2 unspecified atom stereocenters. The van der Waals surface area contributed by atoms with Gasteiger partial charge in [-0.2, -0.15) is 11.8 Å². The van der Waals surface area contributed by atoms with E-state index in [4.69, 9.17) is 16.3 Å². The highest BCUT2D eigenvalue weighted by Crippen LogP contribution is 2.39. The SMILES string of the molecule is COC(=O)C1CCCn2c(C3CCSC3)nc(Cl)c21. The summed E-state index contributed by atoms with van der Waals surface area (Å²) in [4.78, 5) is 16.4. The van der Waals surface area contributed by atoms with Crippen molar-refractivity contribution >= 4 is 29.3 Å². The number of nitrogens with zero attached hydrogens (tertiary/aromatic N) is 2. The average Bonchev–Trinajstić information content (AvgIpc) is 3.06. The lowest BCUT2D eigenvalue weighted by Crippen LogP contribution is -2.24. The normalized spacial score (nSPS) is 26.2. The van der Waals surface area contributed by atoms with E-state index >= 15 is 0 Å². The first-order valence-corrected chi connectivity index (χ1v) is 8.17. The van der Waals surface area contributed by atoms with Crippen LogP contribution in [0.15, 0.2) is 0 Å². The average molecular weight is 301 g/mol. The van der Waals surface area contributed by atoms with Crippen molar-refractivity contribution in [2.45, 2.75) is 37.6 Å². The quantitative estimate of drug-likeness (QED) is 0.788. The van der Waals surface area contributed by atoms with Crippen LogP contribution < -0.4 is 0 Å². The summed E-state index contributed by atoms with van der Waals surface area (Å²) >= 11 is 8.25. The second-order valence-corrected chi connectivity index (χ2v) is 6.58. The number of thioether (sulfide) groups is 1. The molecule has 3 rings (SSSR count). The number of hydrogen-bond donors (Lipinski definition) is 0. The van der Waals surface area contributed by atoms with Crippen LogP contribution >= 0.6 is 23.4 Å². The molecule has 2 aliphatic heterocycles. The van der Waals surface area contributed by atoms with Crippen LogP contribution in [0.3, 0.4) is 0 Å². The van der Waals surface area contributed by atoms with E-state index in [9.17, 15) is 4.79 Å². The predicted molar refractivity (Wildman–Crippen MR) is 75.9 cm³/mol. The Morgan fingerprint density at radius 3 is 3.05 bits per heavy atom. The molecule has 2 atom stereocenters. The molecule has 6 heteroatoms. The van der Waals surface area contributed by atoms with Crippen LogP contribution in [0.25, 0.3) is 0 Å². The van der Waals surface area contributed by atoms with Gasteiger partial charge in [0.05, 0.1) is 12.8 Å². The first-order valence-electron chi connectivity index (χ1n) is 6.63. The van der Waals surface area contributed by atoms with Gasteiger partial charge in [0.2, 0.25) is 0 Å². The Labute approximate surface area is 121 Å². The van der Waals surface area contributed by atoms with Crippen LogP contribution in [0.5, 0.6) is 0 Å². The van der Waals surface area contributed by atoms with Crippen LogP contribution in [0.4, 0.5) is 0 Å². The fraction of sp³-hybridized carbons (Fsp3) is 0.692. The Morgan fingerprint density at radius 1 is 1.53 bits per heavy atom. The Morgan fingerprint density at radius 2 is 2.37 bits per heavy atom. The number of fused-ring (bicyclic) bond motifs is 1. The van der Waals surface area contributed by atoms with E-state index in [1.165, 1.54) is 12.9 Å². The maximum Gasteiger partial charge on any atom is 0.314 e. The third-order valence-electron chi connectivity index (χ3n) is 3.98. The highest BCUT2D eigenvalue weighted by molar-refractivity contribution is 7.99. The standard InChI is InChI=1S/C13H17ClN2O2S/c1-18-13(17)9-3-2-5-16-10(9)11(14)15-12(16)8-4-6-19-7-8/h8-9H,2-7H2,1H3. The second-order valence-electron chi connectivity index (χ2n) is 5.08. The molecule has 2 aliphatic rings. The highest BCUT2D eigenvalue weighted by Gasteiger charge is 2.35. The van der Waals surface area contributed by atoms with Crippen LogP contribution in [-0.2, 0) is 16.1 Å². The van der Waals surface area contributed by atoms with Gasteiger partial charge in [-0.3, -0.25) is 4.79 Å². The molecule has 0 radical (unpaired) electrons. The summed E-state index contributed by atoms with van der Waals surface area (Å²) in [6, 6.07) is 0. The first-order chi connectivity index (χ1) is 9.22. The molecule has 0 amide bonds. The lowest BCUT2D eigenvalue weighted by molar-refractivity contribution is -0.143. The van der Waals surface area contributed by atoms with E-state index in [2.05, 4.69) is 9.55 Å². The van der Waals surface area contributed by atoms with E-state index in [0.29, 0.717) is 11.1 Å². The summed E-state index contributed by atoms with van der Waals surface area (Å²) in [5.41, 5.74) is 0.867. The van der Waals surface area contributed by atoms with Gasteiger partial charge < -0.3 is 9.30 Å². The summed E-state index contributed by atoms with van der Waals surface area (Å²) in [5.74, 6) is 3.39. The number of hydrogen-bond acceptors (Lipinski definition) is 4. The lowest BCUT2D eigenvalue weighted by atomic mass is 9.96. The maximum absolute atomic E-state index is 11.9. The summed E-state index contributed by atoms with van der Waals surface area (Å²) < 4.78 is 7.06. The van der Waals surface area contributed by atoms with Gasteiger partial charge >= 0.3 is 5.97 Å². The van der Waals surface area contributed by atoms with E-state index in [1.807, 2.05) is 11.8 Å². The van der Waals surface area contributed by atoms with Crippen molar-refractivity contribution in [2.24, 2.45) is 0 Å². The van der Waals surface area contributed by atoms with Crippen LogP contribution in [0.1, 0.15) is 42.6 Å². The molecule has 0 aliphatic carbocycles. The van der Waals surface area contributed by atoms with Crippen LogP contribution in [0, 0.1) is 0 Å². The molecule has 1 aromatic heterocycles. The molecule has 0 spiro atoms. The minimum absolute atomic E-state index is 0.199. The Balaban J connectivity index is 2.00. The summed E-state index contributed by atoms with van der Waals surface area (Å²) in [5, 5.41) is 0.488. The number of aromatic nitrogens is 2. The van der Waals surface area contributed by atoms with Crippen molar-refractivity contribution in [1.82, 2.24) is 9.55 Å². The number of halogens is 1. The van der Waals surface area contributed by atoms with Crippen LogP contribution in [0.2, 0.25) is 5.15 Å². The van der Waals surface area contributed by atoms with Gasteiger partial charge in [0.1, 0.15) is 11.7 Å². The number of ether oxygens (including phenoxy) is 1. The van der Waals surface area contributed by atoms with E-state index in [0.717, 1.165) is 43.1 Å². The molecule has 0 bridgehead atoms. The molecule has 1 fully saturated rings.